The number of fused-ring (bicyclic) bond motifs is 1. The van der Waals surface area contributed by atoms with E-state index in [0.717, 1.165) is 5.92 Å². The van der Waals surface area contributed by atoms with Gasteiger partial charge in [-0.05, 0) is 25.2 Å². The molecule has 0 aromatic rings. The standard InChI is InChI=1S/C7H12O/c1-5-2-3-6-7(4-5)8-6/h5-7H,2-4H2,1H3/t5?,6?,7-/m0/s1. The molecule has 1 aliphatic carbocycles. The van der Waals surface area contributed by atoms with E-state index in [1.165, 1.54) is 19.3 Å². The van der Waals surface area contributed by atoms with Crippen LogP contribution in [0.25, 0.3) is 0 Å². The summed E-state index contributed by atoms with van der Waals surface area (Å²) in [4.78, 5) is 0. The lowest BCUT2D eigenvalue weighted by molar-refractivity contribution is 0.367. The van der Waals surface area contributed by atoms with Crippen LogP contribution >= 0.6 is 0 Å². The molecule has 3 atom stereocenters. The van der Waals surface area contributed by atoms with Crippen LogP contribution in [0.4, 0.5) is 0 Å². The molecule has 1 aliphatic heterocycles. The van der Waals surface area contributed by atoms with Gasteiger partial charge in [0.15, 0.2) is 0 Å². The van der Waals surface area contributed by atoms with Gasteiger partial charge in [0.05, 0.1) is 12.2 Å². The highest BCUT2D eigenvalue weighted by atomic mass is 16.6. The van der Waals surface area contributed by atoms with Gasteiger partial charge >= 0.3 is 0 Å². The van der Waals surface area contributed by atoms with Crippen molar-refractivity contribution in [3.8, 4) is 0 Å². The minimum absolute atomic E-state index is 0.679. The van der Waals surface area contributed by atoms with Crippen LogP contribution in [-0.4, -0.2) is 12.2 Å². The van der Waals surface area contributed by atoms with Crippen LogP contribution in [0.15, 0.2) is 0 Å². The average molecular weight is 112 g/mol. The predicted octanol–water partition coefficient (Wildman–Crippen LogP) is 1.57. The molecule has 1 saturated heterocycles. The first kappa shape index (κ1) is 4.80. The Morgan fingerprint density at radius 3 is 2.75 bits per heavy atom. The van der Waals surface area contributed by atoms with Crippen molar-refractivity contribution in [1.29, 1.82) is 0 Å². The number of rotatable bonds is 0. The average Bonchev–Trinajstić information content (AvgIpc) is 2.43. The van der Waals surface area contributed by atoms with Crippen LogP contribution in [0.2, 0.25) is 0 Å². The summed E-state index contributed by atoms with van der Waals surface area (Å²) in [5.74, 6) is 0.929. The Hall–Kier alpha value is -0.0400. The molecule has 2 unspecified atom stereocenters. The maximum Gasteiger partial charge on any atom is 0.0844 e. The predicted molar refractivity (Wildman–Crippen MR) is 31.7 cm³/mol. The second-order valence-electron chi connectivity index (χ2n) is 3.13. The number of hydrogen-bond donors (Lipinski definition) is 0. The second kappa shape index (κ2) is 1.47. The van der Waals surface area contributed by atoms with E-state index >= 15 is 0 Å². The quantitative estimate of drug-likeness (QED) is 0.433. The van der Waals surface area contributed by atoms with Crippen molar-refractivity contribution in [2.45, 2.75) is 38.4 Å². The molecule has 2 rings (SSSR count). The molecule has 0 amide bonds. The number of hydrogen-bond acceptors (Lipinski definition) is 1. The fraction of sp³-hybridized carbons (Fsp3) is 1.00. The summed E-state index contributed by atoms with van der Waals surface area (Å²) < 4.78 is 5.35. The monoisotopic (exact) mass is 112 g/mol. The maximum atomic E-state index is 5.35. The van der Waals surface area contributed by atoms with Gasteiger partial charge < -0.3 is 4.74 Å². The van der Waals surface area contributed by atoms with Gasteiger partial charge in [0, 0.05) is 0 Å². The van der Waals surface area contributed by atoms with Gasteiger partial charge in [-0.2, -0.15) is 0 Å². The van der Waals surface area contributed by atoms with Gasteiger partial charge in [-0.25, -0.2) is 0 Å². The van der Waals surface area contributed by atoms with Crippen LogP contribution < -0.4 is 0 Å². The van der Waals surface area contributed by atoms with E-state index in [0.29, 0.717) is 12.2 Å². The molecule has 2 fully saturated rings. The first-order valence-corrected chi connectivity index (χ1v) is 3.52. The summed E-state index contributed by atoms with van der Waals surface area (Å²) in [5, 5.41) is 0. The molecule has 0 aromatic carbocycles. The Balaban J connectivity index is 1.93. The van der Waals surface area contributed by atoms with Gasteiger partial charge in [0.2, 0.25) is 0 Å². The molecular weight excluding hydrogens is 100 g/mol. The third kappa shape index (κ3) is 0.655. The van der Waals surface area contributed by atoms with Crippen LogP contribution in [-0.2, 0) is 4.74 Å². The minimum atomic E-state index is 0.679. The summed E-state index contributed by atoms with van der Waals surface area (Å²) in [7, 11) is 0. The van der Waals surface area contributed by atoms with Crippen molar-refractivity contribution in [2.24, 2.45) is 5.92 Å². The lowest BCUT2D eigenvalue weighted by atomic mass is 9.91. The van der Waals surface area contributed by atoms with Gasteiger partial charge in [-0.15, -0.1) is 0 Å². The Bertz CT molecular complexity index is 101. The first-order valence-electron chi connectivity index (χ1n) is 3.52. The summed E-state index contributed by atoms with van der Waals surface area (Å²) >= 11 is 0. The van der Waals surface area contributed by atoms with E-state index < -0.39 is 0 Å². The van der Waals surface area contributed by atoms with E-state index in [9.17, 15) is 0 Å². The first-order chi connectivity index (χ1) is 3.86. The highest BCUT2D eigenvalue weighted by molar-refractivity contribution is 4.90. The van der Waals surface area contributed by atoms with Crippen molar-refractivity contribution in [1.82, 2.24) is 0 Å². The summed E-state index contributed by atoms with van der Waals surface area (Å²) in [6, 6.07) is 0. The zero-order chi connectivity index (χ0) is 5.56. The summed E-state index contributed by atoms with van der Waals surface area (Å²) in [6.07, 6.45) is 5.41. The maximum absolute atomic E-state index is 5.35. The normalized spacial score (nSPS) is 52.9. The summed E-state index contributed by atoms with van der Waals surface area (Å²) in [5.41, 5.74) is 0. The largest absolute Gasteiger partial charge is 0.370 e. The van der Waals surface area contributed by atoms with Crippen molar-refractivity contribution in [3.63, 3.8) is 0 Å². The smallest absolute Gasteiger partial charge is 0.0844 e. The van der Waals surface area contributed by atoms with Gasteiger partial charge in [-0.3, -0.25) is 0 Å². The highest BCUT2D eigenvalue weighted by Crippen LogP contribution is 2.38. The van der Waals surface area contributed by atoms with E-state index in [4.69, 9.17) is 4.74 Å². The zero-order valence-corrected chi connectivity index (χ0v) is 5.26. The number of ether oxygens (including phenoxy) is 1. The highest BCUT2D eigenvalue weighted by Gasteiger charge is 2.42. The lowest BCUT2D eigenvalue weighted by Crippen LogP contribution is -2.09. The zero-order valence-electron chi connectivity index (χ0n) is 5.26. The Kier molecular flexibility index (Phi) is 0.884. The van der Waals surface area contributed by atoms with E-state index in [1.807, 2.05) is 0 Å². The molecule has 0 radical (unpaired) electrons. The fourth-order valence-electron chi connectivity index (χ4n) is 1.60. The van der Waals surface area contributed by atoms with Crippen molar-refractivity contribution in [2.75, 3.05) is 0 Å². The number of epoxide rings is 1. The molecule has 1 heterocycles. The van der Waals surface area contributed by atoms with Crippen molar-refractivity contribution >= 4 is 0 Å². The lowest BCUT2D eigenvalue weighted by Gasteiger charge is -2.11. The second-order valence-corrected chi connectivity index (χ2v) is 3.13. The molecule has 1 saturated carbocycles. The Morgan fingerprint density at radius 1 is 1.25 bits per heavy atom. The van der Waals surface area contributed by atoms with Crippen LogP contribution in [0.3, 0.4) is 0 Å². The third-order valence-electron chi connectivity index (χ3n) is 2.27. The van der Waals surface area contributed by atoms with Gasteiger partial charge in [-0.1, -0.05) is 6.92 Å². The van der Waals surface area contributed by atoms with Crippen molar-refractivity contribution < 1.29 is 4.74 Å². The molecule has 0 bridgehead atoms. The van der Waals surface area contributed by atoms with Gasteiger partial charge in [0.25, 0.3) is 0 Å². The van der Waals surface area contributed by atoms with Crippen LogP contribution in [0, 0.1) is 5.92 Å². The van der Waals surface area contributed by atoms with E-state index in [1.54, 1.807) is 0 Å². The van der Waals surface area contributed by atoms with Crippen LogP contribution in [0.5, 0.6) is 0 Å². The topological polar surface area (TPSA) is 12.5 Å². The summed E-state index contributed by atoms with van der Waals surface area (Å²) in [6.45, 7) is 2.32. The van der Waals surface area contributed by atoms with Crippen LogP contribution in [0.1, 0.15) is 26.2 Å². The van der Waals surface area contributed by atoms with E-state index in [-0.39, 0.29) is 0 Å². The molecule has 2 aliphatic rings. The molecule has 1 heteroatoms. The van der Waals surface area contributed by atoms with E-state index in [2.05, 4.69) is 6.92 Å². The SMILES string of the molecule is CC1CCC2O[C@H]2C1. The Morgan fingerprint density at radius 2 is 2.12 bits per heavy atom. The third-order valence-corrected chi connectivity index (χ3v) is 2.27. The molecule has 0 aromatic heterocycles. The molecule has 8 heavy (non-hydrogen) atoms. The molecule has 0 spiro atoms. The van der Waals surface area contributed by atoms with Crippen molar-refractivity contribution in [3.05, 3.63) is 0 Å². The minimum Gasteiger partial charge on any atom is -0.370 e. The fourth-order valence-corrected chi connectivity index (χ4v) is 1.60. The Labute approximate surface area is 50.0 Å². The van der Waals surface area contributed by atoms with Gasteiger partial charge in [0.1, 0.15) is 0 Å². The molecular formula is C7H12O. The molecule has 0 N–H and O–H groups in total. The molecule has 46 valence electrons. The molecule has 1 nitrogen and oxygen atoms in total.